The van der Waals surface area contributed by atoms with Gasteiger partial charge in [0.05, 0.1) is 12.0 Å². The maximum Gasteiger partial charge on any atom is 0.259 e. The molecule has 5 nitrogen and oxygen atoms in total. The fraction of sp³-hybridized carbons (Fsp3) is 0.118. The lowest BCUT2D eigenvalue weighted by atomic mass is 10.2. The minimum Gasteiger partial charge on any atom is -0.367 e. The van der Waals surface area contributed by atoms with Gasteiger partial charge in [-0.25, -0.2) is 13.1 Å². The number of amides is 1. The predicted octanol–water partition coefficient (Wildman–Crippen LogP) is 2.97. The second-order valence-corrected chi connectivity index (χ2v) is 6.84. The number of benzene rings is 2. The van der Waals surface area contributed by atoms with Crippen molar-refractivity contribution < 1.29 is 17.9 Å². The van der Waals surface area contributed by atoms with E-state index >= 15 is 0 Å². The summed E-state index contributed by atoms with van der Waals surface area (Å²) in [6.07, 6.45) is 1.40. The molecule has 0 fully saturated rings. The zero-order valence-corrected chi connectivity index (χ0v) is 14.3. The molecule has 0 aliphatic carbocycles. The third kappa shape index (κ3) is 6.16. The summed E-state index contributed by atoms with van der Waals surface area (Å²) >= 11 is 5.96. The monoisotopic (exact) mass is 365 g/mol. The standard InChI is InChI=1S/C17H16ClNO4S/c18-16-9-5-4-8-15(16)12-23-13-17(20)19-24(21,22)11-10-14-6-2-1-3-7-14/h1-11H,12-13H2,(H,19,20)/b11-10+. The van der Waals surface area contributed by atoms with Gasteiger partial charge in [0, 0.05) is 5.02 Å². The SMILES string of the molecule is O=C(COCc1ccccc1Cl)NS(=O)(=O)/C=C/c1ccccc1. The normalized spacial score (nSPS) is 11.5. The second-order valence-electron chi connectivity index (χ2n) is 4.87. The fourth-order valence-corrected chi connectivity index (χ4v) is 2.79. The molecule has 0 aromatic heterocycles. The van der Waals surface area contributed by atoms with Gasteiger partial charge >= 0.3 is 0 Å². The van der Waals surface area contributed by atoms with Gasteiger partial charge in [0.2, 0.25) is 0 Å². The highest BCUT2D eigenvalue weighted by Gasteiger charge is 2.11. The largest absolute Gasteiger partial charge is 0.367 e. The number of nitrogens with one attached hydrogen (secondary N) is 1. The molecule has 2 aromatic rings. The van der Waals surface area contributed by atoms with Crippen molar-refractivity contribution in [2.45, 2.75) is 6.61 Å². The molecule has 0 spiro atoms. The van der Waals surface area contributed by atoms with E-state index in [-0.39, 0.29) is 13.2 Å². The van der Waals surface area contributed by atoms with Gasteiger partial charge in [-0.2, -0.15) is 0 Å². The Bertz CT molecular complexity index is 819. The van der Waals surface area contributed by atoms with Crippen LogP contribution in [0.15, 0.2) is 60.0 Å². The van der Waals surface area contributed by atoms with Gasteiger partial charge in [0.25, 0.3) is 15.9 Å². The van der Waals surface area contributed by atoms with Gasteiger partial charge in [-0.05, 0) is 23.3 Å². The first-order chi connectivity index (χ1) is 11.5. The maximum absolute atomic E-state index is 11.8. The van der Waals surface area contributed by atoms with E-state index < -0.39 is 15.9 Å². The Hall–Kier alpha value is -2.15. The lowest BCUT2D eigenvalue weighted by molar-refractivity contribution is -0.124. The molecule has 126 valence electrons. The number of rotatable bonds is 7. The minimum atomic E-state index is -3.87. The Morgan fingerprint density at radius 1 is 1.08 bits per heavy atom. The summed E-state index contributed by atoms with van der Waals surface area (Å²) in [5.41, 5.74) is 1.43. The third-order valence-electron chi connectivity index (χ3n) is 2.94. The van der Waals surface area contributed by atoms with Crippen molar-refractivity contribution in [3.63, 3.8) is 0 Å². The first-order valence-electron chi connectivity index (χ1n) is 7.06. The van der Waals surface area contributed by atoms with Gasteiger partial charge in [-0.1, -0.05) is 60.1 Å². The lowest BCUT2D eigenvalue weighted by Crippen LogP contribution is -2.32. The Morgan fingerprint density at radius 2 is 1.75 bits per heavy atom. The van der Waals surface area contributed by atoms with Crippen LogP contribution in [0.5, 0.6) is 0 Å². The molecule has 0 unspecified atom stereocenters. The molecule has 1 N–H and O–H groups in total. The van der Waals surface area contributed by atoms with Crippen LogP contribution in [0.25, 0.3) is 6.08 Å². The Labute approximate surface area is 146 Å². The zero-order valence-electron chi connectivity index (χ0n) is 12.7. The van der Waals surface area contributed by atoms with Gasteiger partial charge in [0.1, 0.15) is 6.61 Å². The number of carbonyl (C=O) groups is 1. The summed E-state index contributed by atoms with van der Waals surface area (Å²) < 4.78 is 30.7. The molecule has 0 aliphatic rings. The molecular weight excluding hydrogens is 350 g/mol. The molecule has 0 heterocycles. The van der Waals surface area contributed by atoms with E-state index in [1.165, 1.54) is 6.08 Å². The van der Waals surface area contributed by atoms with Crippen LogP contribution in [0.4, 0.5) is 0 Å². The van der Waals surface area contributed by atoms with Crippen LogP contribution in [0, 0.1) is 0 Å². The van der Waals surface area contributed by atoms with Crippen molar-refractivity contribution in [2.75, 3.05) is 6.61 Å². The van der Waals surface area contributed by atoms with Gasteiger partial charge in [-0.15, -0.1) is 0 Å². The van der Waals surface area contributed by atoms with Crippen LogP contribution in [0.3, 0.4) is 0 Å². The zero-order chi connectivity index (χ0) is 17.4. The van der Waals surface area contributed by atoms with Crippen LogP contribution >= 0.6 is 11.6 Å². The van der Waals surface area contributed by atoms with Crippen LogP contribution in [-0.2, 0) is 26.2 Å². The molecule has 1 amide bonds. The maximum atomic E-state index is 11.8. The highest BCUT2D eigenvalue weighted by molar-refractivity contribution is 7.93. The number of hydrogen-bond donors (Lipinski definition) is 1. The lowest BCUT2D eigenvalue weighted by Gasteiger charge is -2.06. The molecule has 0 radical (unpaired) electrons. The van der Waals surface area contributed by atoms with E-state index in [0.29, 0.717) is 10.6 Å². The first kappa shape index (κ1) is 18.2. The van der Waals surface area contributed by atoms with E-state index in [2.05, 4.69) is 0 Å². The van der Waals surface area contributed by atoms with Gasteiger partial charge in [0.15, 0.2) is 0 Å². The Morgan fingerprint density at radius 3 is 2.46 bits per heavy atom. The van der Waals surface area contributed by atoms with Gasteiger partial charge < -0.3 is 4.74 Å². The summed E-state index contributed by atoms with van der Waals surface area (Å²) in [6, 6.07) is 15.9. The Balaban J connectivity index is 1.83. The van der Waals surface area contributed by atoms with Crippen LogP contribution in [-0.4, -0.2) is 20.9 Å². The Kier molecular flexibility index (Phi) is 6.54. The topological polar surface area (TPSA) is 72.5 Å². The van der Waals surface area contributed by atoms with E-state index in [4.69, 9.17) is 16.3 Å². The van der Waals surface area contributed by atoms with Crippen molar-refractivity contribution >= 4 is 33.6 Å². The number of sulfonamides is 1. The highest BCUT2D eigenvalue weighted by Crippen LogP contribution is 2.15. The van der Waals surface area contributed by atoms with E-state index in [9.17, 15) is 13.2 Å². The number of ether oxygens (including phenoxy) is 1. The molecule has 0 saturated carbocycles. The molecule has 0 bridgehead atoms. The van der Waals surface area contributed by atoms with Crippen molar-refractivity contribution in [2.24, 2.45) is 0 Å². The third-order valence-corrected chi connectivity index (χ3v) is 4.32. The van der Waals surface area contributed by atoms with Crippen LogP contribution < -0.4 is 4.72 Å². The van der Waals surface area contributed by atoms with E-state index in [0.717, 1.165) is 11.0 Å². The quantitative estimate of drug-likeness (QED) is 0.818. The number of carbonyl (C=O) groups excluding carboxylic acids is 1. The minimum absolute atomic E-state index is 0.118. The van der Waals surface area contributed by atoms with Crippen molar-refractivity contribution in [3.05, 3.63) is 76.2 Å². The van der Waals surface area contributed by atoms with Crippen LogP contribution in [0.2, 0.25) is 5.02 Å². The summed E-state index contributed by atoms with van der Waals surface area (Å²) in [6.45, 7) is -0.267. The summed E-state index contributed by atoms with van der Waals surface area (Å²) in [5.74, 6) is -0.750. The van der Waals surface area contributed by atoms with Crippen LogP contribution in [0.1, 0.15) is 11.1 Å². The predicted molar refractivity (Wildman–Crippen MR) is 93.6 cm³/mol. The molecular formula is C17H16ClNO4S. The van der Waals surface area contributed by atoms with Crippen molar-refractivity contribution in [1.82, 2.24) is 4.72 Å². The summed E-state index contributed by atoms with van der Waals surface area (Å²) in [7, 11) is -3.87. The second kappa shape index (κ2) is 8.63. The fourth-order valence-electron chi connectivity index (χ4n) is 1.82. The molecule has 2 rings (SSSR count). The van der Waals surface area contributed by atoms with Gasteiger partial charge in [-0.3, -0.25) is 4.79 Å². The molecule has 0 saturated heterocycles. The molecule has 0 atom stereocenters. The smallest absolute Gasteiger partial charge is 0.259 e. The van der Waals surface area contributed by atoms with E-state index in [1.807, 2.05) is 10.8 Å². The molecule has 0 aliphatic heterocycles. The number of halogens is 1. The molecule has 2 aromatic carbocycles. The average molecular weight is 366 g/mol. The average Bonchev–Trinajstić information content (AvgIpc) is 2.55. The summed E-state index contributed by atoms with van der Waals surface area (Å²) in [4.78, 5) is 11.7. The summed E-state index contributed by atoms with van der Waals surface area (Å²) in [5, 5.41) is 1.46. The van der Waals surface area contributed by atoms with Crippen molar-refractivity contribution in [3.8, 4) is 0 Å². The van der Waals surface area contributed by atoms with E-state index in [1.54, 1.807) is 48.5 Å². The number of hydrogen-bond acceptors (Lipinski definition) is 4. The molecule has 7 heteroatoms. The first-order valence-corrected chi connectivity index (χ1v) is 8.99. The molecule has 24 heavy (non-hydrogen) atoms. The van der Waals surface area contributed by atoms with Crippen molar-refractivity contribution in [1.29, 1.82) is 0 Å². The highest BCUT2D eigenvalue weighted by atomic mass is 35.5.